The summed E-state index contributed by atoms with van der Waals surface area (Å²) < 4.78 is 15.9. The van der Waals surface area contributed by atoms with Crippen LogP contribution in [0.2, 0.25) is 0 Å². The van der Waals surface area contributed by atoms with Gasteiger partial charge in [-0.1, -0.05) is 0 Å². The van der Waals surface area contributed by atoms with Crippen LogP contribution >= 0.6 is 0 Å². The van der Waals surface area contributed by atoms with Crippen LogP contribution in [0, 0.1) is 0 Å². The topological polar surface area (TPSA) is 140 Å². The van der Waals surface area contributed by atoms with Crippen molar-refractivity contribution in [2.75, 3.05) is 34.9 Å². The number of methoxy groups -OCH3 is 2. The fourth-order valence-electron chi connectivity index (χ4n) is 5.98. The molecule has 2 aliphatic heterocycles. The molecule has 0 aromatic rings. The minimum Gasteiger partial charge on any atom is -0.492 e. The van der Waals surface area contributed by atoms with E-state index in [1.807, 2.05) is 0 Å². The normalized spacial score (nSPS) is 28.4. The molecule has 0 aromatic carbocycles. The van der Waals surface area contributed by atoms with Crippen molar-refractivity contribution in [3.05, 3.63) is 45.0 Å². The average Bonchev–Trinajstić information content (AvgIpc) is 2.99. The van der Waals surface area contributed by atoms with Gasteiger partial charge in [0.05, 0.1) is 26.3 Å². The van der Waals surface area contributed by atoms with Gasteiger partial charge in [0, 0.05) is 46.4 Å². The maximum Gasteiger partial charge on any atom is 0.302 e. The fourth-order valence-corrected chi connectivity index (χ4v) is 5.98. The highest BCUT2D eigenvalue weighted by atomic mass is 16.5. The monoisotopic (exact) mass is 528 g/mol. The molecular formula is C27H32N2O9. The number of aliphatic hydroxyl groups is 1. The van der Waals surface area contributed by atoms with Crippen molar-refractivity contribution in [1.82, 2.24) is 9.80 Å². The molecular weight excluding hydrogens is 496 g/mol. The zero-order valence-corrected chi connectivity index (χ0v) is 22.5. The molecule has 0 saturated heterocycles. The summed E-state index contributed by atoms with van der Waals surface area (Å²) in [6.07, 6.45) is -1.37. The molecule has 0 radical (unpaired) electrons. The van der Waals surface area contributed by atoms with E-state index >= 15 is 0 Å². The molecule has 1 unspecified atom stereocenters. The van der Waals surface area contributed by atoms with Gasteiger partial charge in [0.2, 0.25) is 11.6 Å². The zero-order valence-electron chi connectivity index (χ0n) is 22.5. The number of rotatable bonds is 5. The number of nitrogens with zero attached hydrogens (tertiary/aromatic N) is 2. The summed E-state index contributed by atoms with van der Waals surface area (Å²) in [6, 6.07) is -2.73. The highest BCUT2D eigenvalue weighted by molar-refractivity contribution is 6.26. The SMILES string of the molecule is COC1=C(C)C(=O)C2=C(C1=O)[C@H](COC(C)=O)N1[C@@H](C2)C2=C(CC(N(C)C)[C@@H]1O)C(=O)C(C)=C(OC)C2=O. The molecule has 4 atom stereocenters. The number of hydrogen-bond donors (Lipinski definition) is 1. The van der Waals surface area contributed by atoms with Gasteiger partial charge in [-0.05, 0) is 40.8 Å². The van der Waals surface area contributed by atoms with Crippen LogP contribution in [0.3, 0.4) is 0 Å². The highest BCUT2D eigenvalue weighted by Crippen LogP contribution is 2.45. The smallest absolute Gasteiger partial charge is 0.302 e. The van der Waals surface area contributed by atoms with Gasteiger partial charge in [-0.25, -0.2) is 0 Å². The summed E-state index contributed by atoms with van der Waals surface area (Å²) in [7, 11) is 6.05. The first-order chi connectivity index (χ1) is 17.9. The molecule has 204 valence electrons. The van der Waals surface area contributed by atoms with E-state index in [0.717, 1.165) is 0 Å². The Balaban J connectivity index is 2.00. The fraction of sp³-hybridized carbons (Fsp3) is 0.519. The van der Waals surface area contributed by atoms with Crippen LogP contribution in [0.15, 0.2) is 45.0 Å². The van der Waals surface area contributed by atoms with Crippen molar-refractivity contribution in [1.29, 1.82) is 0 Å². The lowest BCUT2D eigenvalue weighted by molar-refractivity contribution is -0.147. The molecule has 4 rings (SSSR count). The van der Waals surface area contributed by atoms with E-state index in [1.165, 1.54) is 39.9 Å². The number of aliphatic hydroxyl groups excluding tert-OH is 1. The number of esters is 1. The van der Waals surface area contributed by atoms with E-state index in [-0.39, 0.29) is 70.2 Å². The number of carbonyl (C=O) groups is 5. The van der Waals surface area contributed by atoms with Gasteiger partial charge < -0.3 is 24.2 Å². The van der Waals surface area contributed by atoms with Crippen LogP contribution in [0.1, 0.15) is 33.6 Å². The second-order valence-corrected chi connectivity index (χ2v) is 10.1. The molecule has 11 heteroatoms. The van der Waals surface area contributed by atoms with E-state index in [4.69, 9.17) is 14.2 Å². The Hall–Kier alpha value is -3.41. The van der Waals surface area contributed by atoms with Gasteiger partial charge >= 0.3 is 5.97 Å². The molecule has 0 spiro atoms. The number of ketones is 4. The highest BCUT2D eigenvalue weighted by Gasteiger charge is 2.54. The number of fused-ring (bicyclic) bond motifs is 2. The molecule has 0 aromatic heterocycles. The minimum absolute atomic E-state index is 0.0445. The molecule has 0 fully saturated rings. The second-order valence-electron chi connectivity index (χ2n) is 10.1. The third kappa shape index (κ3) is 4.05. The third-order valence-electron chi connectivity index (χ3n) is 7.83. The molecule has 11 nitrogen and oxygen atoms in total. The minimum atomic E-state index is -1.30. The number of ether oxygens (including phenoxy) is 3. The van der Waals surface area contributed by atoms with Gasteiger partial charge in [-0.3, -0.25) is 28.9 Å². The van der Waals surface area contributed by atoms with E-state index in [2.05, 4.69) is 0 Å². The number of carbonyl (C=O) groups excluding carboxylic acids is 5. The van der Waals surface area contributed by atoms with Crippen molar-refractivity contribution in [2.24, 2.45) is 0 Å². The van der Waals surface area contributed by atoms with Gasteiger partial charge in [-0.2, -0.15) is 0 Å². The van der Waals surface area contributed by atoms with Crippen molar-refractivity contribution < 1.29 is 43.3 Å². The Labute approximate surface area is 220 Å². The predicted molar refractivity (Wildman–Crippen MR) is 132 cm³/mol. The Kier molecular flexibility index (Phi) is 7.30. The van der Waals surface area contributed by atoms with Crippen LogP contribution in [0.25, 0.3) is 0 Å². The Morgan fingerprint density at radius 2 is 1.39 bits per heavy atom. The molecule has 4 aliphatic rings. The lowest BCUT2D eigenvalue weighted by Gasteiger charge is -2.48. The van der Waals surface area contributed by atoms with Crippen LogP contribution < -0.4 is 0 Å². The predicted octanol–water partition coefficient (Wildman–Crippen LogP) is 0.382. The summed E-state index contributed by atoms with van der Waals surface area (Å²) in [5.74, 6) is -2.75. The van der Waals surface area contributed by atoms with Gasteiger partial charge in [0.1, 0.15) is 12.8 Å². The largest absolute Gasteiger partial charge is 0.492 e. The molecule has 0 bridgehead atoms. The number of likely N-dealkylation sites (N-methyl/N-ethyl adjacent to an activating group) is 1. The molecule has 38 heavy (non-hydrogen) atoms. The Morgan fingerprint density at radius 3 is 1.87 bits per heavy atom. The standard InChI is InChI=1S/C27H32N2O9/c1-11-21(31)14-8-16-19-15(22(32)12(2)25(36-6)23(19)33)9-17(28(4)5)27(35)29(16)18(10-38-13(3)30)20(14)24(34)26(11)37-7/h16-18,27,35H,8-10H2,1-7H3/t16-,17?,18-,27-/m0/s1. The summed E-state index contributed by atoms with van der Waals surface area (Å²) in [4.78, 5) is 69.5. The van der Waals surface area contributed by atoms with Gasteiger partial charge in [-0.15, -0.1) is 0 Å². The van der Waals surface area contributed by atoms with Gasteiger partial charge in [0.25, 0.3) is 0 Å². The molecule has 1 N–H and O–H groups in total. The first-order valence-electron chi connectivity index (χ1n) is 12.3. The Bertz CT molecular complexity index is 1280. The third-order valence-corrected chi connectivity index (χ3v) is 7.83. The first kappa shape index (κ1) is 27.6. The zero-order chi connectivity index (χ0) is 28.2. The molecule has 0 amide bonds. The average molecular weight is 529 g/mol. The lowest BCUT2D eigenvalue weighted by Crippen LogP contribution is -2.61. The summed E-state index contributed by atoms with van der Waals surface area (Å²) in [6.45, 7) is 3.84. The van der Waals surface area contributed by atoms with Crippen molar-refractivity contribution in [3.8, 4) is 0 Å². The maximum atomic E-state index is 13.8. The summed E-state index contributed by atoms with van der Waals surface area (Å²) >= 11 is 0. The van der Waals surface area contributed by atoms with Crippen LogP contribution in [0.4, 0.5) is 0 Å². The molecule has 2 heterocycles. The second kappa shape index (κ2) is 10.0. The van der Waals surface area contributed by atoms with E-state index in [1.54, 1.807) is 19.0 Å². The first-order valence-corrected chi connectivity index (χ1v) is 12.3. The Morgan fingerprint density at radius 1 is 0.895 bits per heavy atom. The van der Waals surface area contributed by atoms with Crippen LogP contribution in [-0.2, 0) is 38.2 Å². The maximum absolute atomic E-state index is 13.8. The van der Waals surface area contributed by atoms with Crippen LogP contribution in [0.5, 0.6) is 0 Å². The number of allylic oxidation sites excluding steroid dienone is 4. The van der Waals surface area contributed by atoms with Crippen LogP contribution in [-0.4, -0.2) is 103 Å². The van der Waals surface area contributed by atoms with E-state index < -0.39 is 47.7 Å². The number of hydrogen-bond acceptors (Lipinski definition) is 11. The quantitative estimate of drug-likeness (QED) is 0.391. The summed E-state index contributed by atoms with van der Waals surface area (Å²) in [5.41, 5.74) is 0.803. The molecule has 0 saturated carbocycles. The van der Waals surface area contributed by atoms with E-state index in [9.17, 15) is 29.1 Å². The van der Waals surface area contributed by atoms with E-state index in [0.29, 0.717) is 0 Å². The van der Waals surface area contributed by atoms with Crippen molar-refractivity contribution in [3.63, 3.8) is 0 Å². The number of Topliss-reactive ketones (excluding diaryl/α,β-unsaturated/α-hetero) is 4. The lowest BCUT2D eigenvalue weighted by atomic mass is 9.74. The van der Waals surface area contributed by atoms with Crippen molar-refractivity contribution in [2.45, 2.75) is 58.0 Å². The van der Waals surface area contributed by atoms with Crippen molar-refractivity contribution >= 4 is 29.1 Å². The summed E-state index contributed by atoms with van der Waals surface area (Å²) in [5, 5.41) is 11.8. The molecule has 2 aliphatic carbocycles. The van der Waals surface area contributed by atoms with Gasteiger partial charge in [0.15, 0.2) is 23.1 Å².